The molecule has 3 rings (SSSR count). The van der Waals surface area contributed by atoms with Crippen LogP contribution in [0.1, 0.15) is 17.5 Å². The zero-order chi connectivity index (χ0) is 11.1. The van der Waals surface area contributed by atoms with Crippen molar-refractivity contribution in [2.75, 3.05) is 13.1 Å². The van der Waals surface area contributed by atoms with Gasteiger partial charge in [0.2, 0.25) is 0 Å². The molecule has 2 unspecified atom stereocenters. The molecule has 1 saturated heterocycles. The van der Waals surface area contributed by atoms with Crippen molar-refractivity contribution in [1.29, 1.82) is 0 Å². The second kappa shape index (κ2) is 3.97. The van der Waals surface area contributed by atoms with Gasteiger partial charge in [-0.3, -0.25) is 0 Å². The van der Waals surface area contributed by atoms with Gasteiger partial charge in [-0.1, -0.05) is 6.08 Å². The lowest BCUT2D eigenvalue weighted by molar-refractivity contribution is 0.536. The van der Waals surface area contributed by atoms with Crippen LogP contribution < -0.4 is 5.32 Å². The minimum absolute atomic E-state index is 0.749. The molecule has 0 bridgehead atoms. The van der Waals surface area contributed by atoms with Gasteiger partial charge in [0.25, 0.3) is 0 Å². The van der Waals surface area contributed by atoms with Gasteiger partial charge in [0, 0.05) is 12.7 Å². The van der Waals surface area contributed by atoms with Crippen molar-refractivity contribution in [1.82, 2.24) is 10.3 Å². The van der Waals surface area contributed by atoms with E-state index in [2.05, 4.69) is 45.3 Å². The van der Waals surface area contributed by atoms with Crippen molar-refractivity contribution in [2.45, 2.75) is 13.3 Å². The molecule has 1 N–H and O–H groups in total. The summed E-state index contributed by atoms with van der Waals surface area (Å²) < 4.78 is 0.955. The summed E-state index contributed by atoms with van der Waals surface area (Å²) in [5.74, 6) is 1.57. The van der Waals surface area contributed by atoms with E-state index < -0.39 is 0 Å². The van der Waals surface area contributed by atoms with E-state index in [9.17, 15) is 0 Å². The van der Waals surface area contributed by atoms with Crippen molar-refractivity contribution in [2.24, 2.45) is 11.8 Å². The molecule has 1 aromatic heterocycles. The predicted molar refractivity (Wildman–Crippen MR) is 69.1 cm³/mol. The van der Waals surface area contributed by atoms with Crippen molar-refractivity contribution in [3.05, 3.63) is 34.1 Å². The van der Waals surface area contributed by atoms with E-state index in [1.807, 2.05) is 6.20 Å². The summed E-state index contributed by atoms with van der Waals surface area (Å²) in [7, 11) is 0. The molecular weight excluding hydrogens is 264 g/mol. The van der Waals surface area contributed by atoms with Crippen molar-refractivity contribution in [3.8, 4) is 0 Å². The number of allylic oxidation sites excluding steroid dienone is 1. The van der Waals surface area contributed by atoms with E-state index in [0.29, 0.717) is 0 Å². The number of halogens is 1. The zero-order valence-electron chi connectivity index (χ0n) is 9.33. The molecule has 0 aromatic carbocycles. The fourth-order valence-electron chi connectivity index (χ4n) is 2.73. The van der Waals surface area contributed by atoms with Gasteiger partial charge < -0.3 is 5.32 Å². The standard InChI is InChI=1S/C13H15BrN2/c1-8-2-10(7-16-13(8)14)9-3-11-5-15-6-12(11)4-9/h2-3,7,11-12,15H,4-6H2,1H3. The molecule has 84 valence electrons. The minimum Gasteiger partial charge on any atom is -0.316 e. The zero-order valence-corrected chi connectivity index (χ0v) is 10.9. The first kappa shape index (κ1) is 10.5. The Morgan fingerprint density at radius 3 is 3.06 bits per heavy atom. The molecule has 2 atom stereocenters. The van der Waals surface area contributed by atoms with E-state index in [4.69, 9.17) is 0 Å². The number of nitrogens with one attached hydrogen (secondary N) is 1. The van der Waals surface area contributed by atoms with Crippen LogP contribution in [0, 0.1) is 18.8 Å². The van der Waals surface area contributed by atoms with Crippen LogP contribution in [-0.2, 0) is 0 Å². The lowest BCUT2D eigenvalue weighted by Crippen LogP contribution is -2.09. The van der Waals surface area contributed by atoms with Crippen LogP contribution in [0.2, 0.25) is 0 Å². The normalized spacial score (nSPS) is 28.0. The second-order valence-corrected chi connectivity index (χ2v) is 5.56. The fourth-order valence-corrected chi connectivity index (χ4v) is 2.95. The van der Waals surface area contributed by atoms with Gasteiger partial charge in [-0.2, -0.15) is 0 Å². The lowest BCUT2D eigenvalue weighted by Gasteiger charge is -2.07. The Labute approximate surface area is 104 Å². The monoisotopic (exact) mass is 278 g/mol. The Hall–Kier alpha value is -0.670. The second-order valence-electron chi connectivity index (χ2n) is 4.81. The Morgan fingerprint density at radius 1 is 1.44 bits per heavy atom. The van der Waals surface area contributed by atoms with Gasteiger partial charge in [-0.05, 0) is 70.4 Å². The van der Waals surface area contributed by atoms with Gasteiger partial charge in [-0.25, -0.2) is 4.98 Å². The van der Waals surface area contributed by atoms with E-state index in [1.54, 1.807) is 0 Å². The van der Waals surface area contributed by atoms with Crippen LogP contribution in [0.25, 0.3) is 5.57 Å². The molecule has 16 heavy (non-hydrogen) atoms. The van der Waals surface area contributed by atoms with Crippen LogP contribution in [0.5, 0.6) is 0 Å². The predicted octanol–water partition coefficient (Wildman–Crippen LogP) is 2.78. The quantitative estimate of drug-likeness (QED) is 0.800. The molecule has 0 saturated carbocycles. The Kier molecular flexibility index (Phi) is 2.60. The summed E-state index contributed by atoms with van der Waals surface area (Å²) in [6, 6.07) is 2.23. The van der Waals surface area contributed by atoms with Gasteiger partial charge in [0.05, 0.1) is 0 Å². The number of rotatable bonds is 1. The summed E-state index contributed by atoms with van der Waals surface area (Å²) in [5, 5.41) is 3.45. The molecule has 1 aliphatic heterocycles. The fraction of sp³-hybridized carbons (Fsp3) is 0.462. The van der Waals surface area contributed by atoms with Crippen molar-refractivity contribution in [3.63, 3.8) is 0 Å². The number of hydrogen-bond donors (Lipinski definition) is 1. The third kappa shape index (κ3) is 1.72. The van der Waals surface area contributed by atoms with Crippen molar-refractivity contribution < 1.29 is 0 Å². The third-order valence-corrected chi connectivity index (χ3v) is 4.50. The summed E-state index contributed by atoms with van der Waals surface area (Å²) >= 11 is 3.45. The van der Waals surface area contributed by atoms with Gasteiger partial charge in [0.1, 0.15) is 4.60 Å². The number of hydrogen-bond acceptors (Lipinski definition) is 2. The largest absolute Gasteiger partial charge is 0.316 e. The maximum Gasteiger partial charge on any atom is 0.109 e. The highest BCUT2D eigenvalue weighted by Crippen LogP contribution is 2.38. The van der Waals surface area contributed by atoms with Crippen LogP contribution in [0.3, 0.4) is 0 Å². The van der Waals surface area contributed by atoms with Gasteiger partial charge in [-0.15, -0.1) is 0 Å². The molecule has 2 aliphatic rings. The first-order valence-electron chi connectivity index (χ1n) is 5.78. The Balaban J connectivity index is 1.90. The molecule has 0 spiro atoms. The molecule has 3 heteroatoms. The number of pyridine rings is 1. The molecule has 1 aromatic rings. The van der Waals surface area contributed by atoms with E-state index in [1.165, 1.54) is 29.7 Å². The summed E-state index contributed by atoms with van der Waals surface area (Å²) in [6.45, 7) is 4.42. The number of fused-ring (bicyclic) bond motifs is 1. The van der Waals surface area contributed by atoms with Gasteiger partial charge >= 0.3 is 0 Å². The third-order valence-electron chi connectivity index (χ3n) is 3.67. The van der Waals surface area contributed by atoms with E-state index in [0.717, 1.165) is 23.0 Å². The number of aromatic nitrogens is 1. The number of nitrogens with zero attached hydrogens (tertiary/aromatic N) is 1. The molecule has 2 nitrogen and oxygen atoms in total. The SMILES string of the molecule is Cc1cc(C2=CC3CNCC3C2)cnc1Br. The van der Waals surface area contributed by atoms with E-state index in [-0.39, 0.29) is 0 Å². The number of aryl methyl sites for hydroxylation is 1. The Bertz CT molecular complexity index is 453. The molecule has 1 fully saturated rings. The van der Waals surface area contributed by atoms with E-state index >= 15 is 0 Å². The first-order chi connectivity index (χ1) is 7.74. The maximum absolute atomic E-state index is 4.38. The maximum atomic E-state index is 4.38. The smallest absolute Gasteiger partial charge is 0.109 e. The molecule has 0 amide bonds. The highest BCUT2D eigenvalue weighted by Gasteiger charge is 2.31. The van der Waals surface area contributed by atoms with Crippen LogP contribution in [0.4, 0.5) is 0 Å². The van der Waals surface area contributed by atoms with Crippen molar-refractivity contribution >= 4 is 21.5 Å². The average Bonchev–Trinajstić information content (AvgIpc) is 2.81. The van der Waals surface area contributed by atoms with Crippen LogP contribution in [-0.4, -0.2) is 18.1 Å². The highest BCUT2D eigenvalue weighted by molar-refractivity contribution is 9.10. The summed E-state index contributed by atoms with van der Waals surface area (Å²) in [5.41, 5.74) is 4.00. The van der Waals surface area contributed by atoms with Crippen LogP contribution >= 0.6 is 15.9 Å². The average molecular weight is 279 g/mol. The Morgan fingerprint density at radius 2 is 2.31 bits per heavy atom. The molecule has 2 heterocycles. The summed E-state index contributed by atoms with van der Waals surface area (Å²) in [6.07, 6.45) is 5.63. The minimum atomic E-state index is 0.749. The molecular formula is C13H15BrN2. The summed E-state index contributed by atoms with van der Waals surface area (Å²) in [4.78, 5) is 4.38. The molecule has 1 aliphatic carbocycles. The highest BCUT2D eigenvalue weighted by atomic mass is 79.9. The lowest BCUT2D eigenvalue weighted by atomic mass is 9.98. The topological polar surface area (TPSA) is 24.9 Å². The molecule has 0 radical (unpaired) electrons. The van der Waals surface area contributed by atoms with Gasteiger partial charge in [0.15, 0.2) is 0 Å². The first-order valence-corrected chi connectivity index (χ1v) is 6.57. The van der Waals surface area contributed by atoms with Crippen LogP contribution in [0.15, 0.2) is 22.9 Å².